The van der Waals surface area contributed by atoms with Crippen molar-refractivity contribution < 1.29 is 14.7 Å². The van der Waals surface area contributed by atoms with Gasteiger partial charge in [-0.15, -0.1) is 0 Å². The van der Waals surface area contributed by atoms with Crippen molar-refractivity contribution >= 4 is 23.8 Å². The van der Waals surface area contributed by atoms with Crippen LogP contribution in [0.25, 0.3) is 6.08 Å². The molecule has 7 heteroatoms. The number of carbonyl (C=O) groups excluding carboxylic acids is 1. The summed E-state index contributed by atoms with van der Waals surface area (Å²) in [6, 6.07) is 4.80. The lowest BCUT2D eigenvalue weighted by Gasteiger charge is -2.05. The summed E-state index contributed by atoms with van der Waals surface area (Å²) >= 11 is 0. The Labute approximate surface area is 114 Å². The molecule has 0 bridgehead atoms. The van der Waals surface area contributed by atoms with Gasteiger partial charge in [0.25, 0.3) is 5.91 Å². The van der Waals surface area contributed by atoms with Crippen LogP contribution in [-0.4, -0.2) is 31.7 Å². The summed E-state index contributed by atoms with van der Waals surface area (Å²) in [5.74, 6) is -1.04. The number of hydrogen-bond donors (Lipinski definition) is 2. The summed E-state index contributed by atoms with van der Waals surface area (Å²) in [4.78, 5) is 26.4. The van der Waals surface area contributed by atoms with Gasteiger partial charge in [-0.2, -0.15) is 5.10 Å². The van der Waals surface area contributed by atoms with Gasteiger partial charge in [-0.05, 0) is 29.8 Å². The Balaban J connectivity index is 2.14. The van der Waals surface area contributed by atoms with E-state index in [1.807, 2.05) is 0 Å². The third-order valence-electron chi connectivity index (χ3n) is 2.50. The molecule has 2 aromatic heterocycles. The van der Waals surface area contributed by atoms with Crippen molar-refractivity contribution in [3.05, 3.63) is 47.9 Å². The molecule has 2 aromatic rings. The lowest BCUT2D eigenvalue weighted by molar-refractivity contribution is -0.131. The molecule has 2 rings (SSSR count). The Morgan fingerprint density at radius 3 is 2.80 bits per heavy atom. The van der Waals surface area contributed by atoms with Gasteiger partial charge in [-0.1, -0.05) is 0 Å². The Kier molecular flexibility index (Phi) is 3.90. The second kappa shape index (κ2) is 5.79. The molecule has 1 amide bonds. The first kappa shape index (κ1) is 13.5. The summed E-state index contributed by atoms with van der Waals surface area (Å²) in [6.45, 7) is 0. The highest BCUT2D eigenvalue weighted by atomic mass is 16.4. The number of carboxylic acid groups (broad SMARTS) is 1. The van der Waals surface area contributed by atoms with Crippen molar-refractivity contribution in [2.75, 3.05) is 5.32 Å². The van der Waals surface area contributed by atoms with E-state index in [0.29, 0.717) is 17.1 Å². The van der Waals surface area contributed by atoms with Crippen molar-refractivity contribution in [2.24, 2.45) is 7.05 Å². The fourth-order valence-corrected chi connectivity index (χ4v) is 1.56. The summed E-state index contributed by atoms with van der Waals surface area (Å²) in [6.07, 6.45) is 5.44. The van der Waals surface area contributed by atoms with Crippen molar-refractivity contribution in [1.82, 2.24) is 14.8 Å². The van der Waals surface area contributed by atoms with E-state index in [-0.39, 0.29) is 5.91 Å². The van der Waals surface area contributed by atoms with E-state index in [1.54, 1.807) is 25.2 Å². The van der Waals surface area contributed by atoms with Crippen LogP contribution in [-0.2, 0) is 11.8 Å². The molecule has 7 nitrogen and oxygen atoms in total. The fraction of sp³-hybridized carbons (Fsp3) is 0.0769. The number of pyridine rings is 1. The summed E-state index contributed by atoms with van der Waals surface area (Å²) in [5.41, 5.74) is 1.03. The highest BCUT2D eigenvalue weighted by Gasteiger charge is 2.10. The summed E-state index contributed by atoms with van der Waals surface area (Å²) in [7, 11) is 1.66. The number of carboxylic acids is 1. The number of nitrogens with one attached hydrogen (secondary N) is 1. The number of nitrogens with zero attached hydrogens (tertiary/aromatic N) is 3. The first-order valence-electron chi connectivity index (χ1n) is 5.72. The van der Waals surface area contributed by atoms with Gasteiger partial charge < -0.3 is 10.4 Å². The molecule has 0 spiro atoms. The third-order valence-corrected chi connectivity index (χ3v) is 2.50. The van der Waals surface area contributed by atoms with Crippen LogP contribution in [0, 0.1) is 0 Å². The van der Waals surface area contributed by atoms with Crippen LogP contribution in [0.2, 0.25) is 0 Å². The molecule has 0 aliphatic carbocycles. The third kappa shape index (κ3) is 3.29. The fourth-order valence-electron chi connectivity index (χ4n) is 1.56. The number of amides is 1. The number of rotatable bonds is 4. The van der Waals surface area contributed by atoms with E-state index in [9.17, 15) is 9.59 Å². The van der Waals surface area contributed by atoms with Crippen LogP contribution in [0.4, 0.5) is 5.82 Å². The van der Waals surface area contributed by atoms with Crippen LogP contribution in [0.1, 0.15) is 16.1 Å². The lowest BCUT2D eigenvalue weighted by Crippen LogP contribution is -2.16. The van der Waals surface area contributed by atoms with Crippen molar-refractivity contribution in [3.8, 4) is 0 Å². The minimum absolute atomic E-state index is 0.336. The minimum Gasteiger partial charge on any atom is -0.478 e. The summed E-state index contributed by atoms with van der Waals surface area (Å²) in [5, 5.41) is 15.1. The Bertz CT molecular complexity index is 676. The molecule has 102 valence electrons. The second-order valence-electron chi connectivity index (χ2n) is 3.94. The molecule has 0 aliphatic heterocycles. The molecule has 0 aliphatic rings. The Hall–Kier alpha value is -2.96. The van der Waals surface area contributed by atoms with E-state index in [0.717, 1.165) is 6.08 Å². The zero-order valence-corrected chi connectivity index (χ0v) is 10.6. The number of anilines is 1. The molecular weight excluding hydrogens is 260 g/mol. The van der Waals surface area contributed by atoms with Crippen LogP contribution in [0.3, 0.4) is 0 Å². The highest BCUT2D eigenvalue weighted by molar-refractivity contribution is 6.02. The predicted molar refractivity (Wildman–Crippen MR) is 72.1 cm³/mol. The molecule has 2 N–H and O–H groups in total. The average Bonchev–Trinajstić information content (AvgIpc) is 2.83. The van der Waals surface area contributed by atoms with Gasteiger partial charge >= 0.3 is 5.97 Å². The monoisotopic (exact) mass is 272 g/mol. The van der Waals surface area contributed by atoms with E-state index in [4.69, 9.17) is 5.11 Å². The van der Waals surface area contributed by atoms with Crippen LogP contribution in [0.15, 0.2) is 36.7 Å². The number of carbonyl (C=O) groups is 2. The smallest absolute Gasteiger partial charge is 0.328 e. The molecule has 0 atom stereocenters. The maximum Gasteiger partial charge on any atom is 0.328 e. The highest BCUT2D eigenvalue weighted by Crippen LogP contribution is 2.10. The Morgan fingerprint density at radius 1 is 1.35 bits per heavy atom. The maximum absolute atomic E-state index is 11.9. The molecule has 0 saturated heterocycles. The van der Waals surface area contributed by atoms with E-state index >= 15 is 0 Å². The largest absolute Gasteiger partial charge is 0.478 e. The quantitative estimate of drug-likeness (QED) is 0.814. The van der Waals surface area contributed by atoms with Crippen LogP contribution < -0.4 is 5.32 Å². The van der Waals surface area contributed by atoms with Crippen molar-refractivity contribution in [1.29, 1.82) is 0 Å². The predicted octanol–water partition coefficient (Wildman–Crippen LogP) is 1.17. The van der Waals surface area contributed by atoms with E-state index in [1.165, 1.54) is 23.2 Å². The van der Waals surface area contributed by atoms with Crippen LogP contribution >= 0.6 is 0 Å². The van der Waals surface area contributed by atoms with Crippen molar-refractivity contribution in [2.45, 2.75) is 0 Å². The first-order valence-corrected chi connectivity index (χ1v) is 5.72. The van der Waals surface area contributed by atoms with Crippen molar-refractivity contribution in [3.63, 3.8) is 0 Å². The topological polar surface area (TPSA) is 97.1 Å². The minimum atomic E-state index is -1.04. The van der Waals surface area contributed by atoms with Gasteiger partial charge in [0, 0.05) is 25.5 Å². The molecule has 0 fully saturated rings. The molecule has 0 aromatic carbocycles. The average molecular weight is 272 g/mol. The molecule has 0 unspecified atom stereocenters. The summed E-state index contributed by atoms with van der Waals surface area (Å²) < 4.78 is 1.45. The van der Waals surface area contributed by atoms with E-state index < -0.39 is 5.97 Å². The number of aryl methyl sites for hydroxylation is 1. The second-order valence-corrected chi connectivity index (χ2v) is 3.94. The first-order chi connectivity index (χ1) is 9.56. The van der Waals surface area contributed by atoms with Crippen LogP contribution in [0.5, 0.6) is 0 Å². The Morgan fingerprint density at radius 2 is 2.15 bits per heavy atom. The van der Waals surface area contributed by atoms with Gasteiger partial charge in [-0.3, -0.25) is 9.48 Å². The zero-order valence-electron chi connectivity index (χ0n) is 10.6. The van der Waals surface area contributed by atoms with E-state index in [2.05, 4.69) is 15.4 Å². The molecular formula is C13H12N4O3. The van der Waals surface area contributed by atoms with Gasteiger partial charge in [0.15, 0.2) is 0 Å². The molecule has 2 heterocycles. The number of hydrogen-bond acceptors (Lipinski definition) is 4. The zero-order chi connectivity index (χ0) is 14.5. The standard InChI is InChI=1S/C13H12N4O3/c1-17-10(5-7-15-17)13(20)16-11-8-9(4-6-14-11)2-3-12(18)19/h2-8H,1H3,(H,18,19)(H,14,16,20)/b3-2+. The lowest BCUT2D eigenvalue weighted by atomic mass is 10.2. The van der Waals surface area contributed by atoms with Gasteiger partial charge in [0.05, 0.1) is 0 Å². The number of aliphatic carboxylic acids is 1. The molecule has 20 heavy (non-hydrogen) atoms. The molecule has 0 saturated carbocycles. The number of aromatic nitrogens is 3. The maximum atomic E-state index is 11.9. The SMILES string of the molecule is Cn1nccc1C(=O)Nc1cc(/C=C/C(=O)O)ccn1. The normalized spacial score (nSPS) is 10.7. The van der Waals surface area contributed by atoms with Gasteiger partial charge in [0.2, 0.25) is 0 Å². The van der Waals surface area contributed by atoms with Gasteiger partial charge in [-0.25, -0.2) is 9.78 Å². The molecule has 0 radical (unpaired) electrons. The van der Waals surface area contributed by atoms with Gasteiger partial charge in [0.1, 0.15) is 11.5 Å².